The fraction of sp³-hybridized carbons (Fsp3) is 0.643. The number of hydrogen-bond acceptors (Lipinski definition) is 4. The fourth-order valence-corrected chi connectivity index (χ4v) is 2.36. The standard InChI is InChI=1S/C14H23N3O2/c1-11-8-17(7-6-15-11)10-14(18)16(3)9-13-5-4-12(2)19-13/h4-5,11,15H,6-10H2,1-3H3/t11-/m0/s1. The SMILES string of the molecule is Cc1ccc(CN(C)C(=O)CN2CCN[C@@H](C)C2)o1. The highest BCUT2D eigenvalue weighted by Crippen LogP contribution is 2.09. The molecular formula is C14H23N3O2. The molecule has 2 heterocycles. The van der Waals surface area contributed by atoms with Gasteiger partial charge >= 0.3 is 0 Å². The predicted molar refractivity (Wildman–Crippen MR) is 73.8 cm³/mol. The van der Waals surface area contributed by atoms with Crippen molar-refractivity contribution < 1.29 is 9.21 Å². The third kappa shape index (κ3) is 4.08. The third-order valence-electron chi connectivity index (χ3n) is 3.43. The summed E-state index contributed by atoms with van der Waals surface area (Å²) >= 11 is 0. The minimum absolute atomic E-state index is 0.142. The third-order valence-corrected chi connectivity index (χ3v) is 3.43. The summed E-state index contributed by atoms with van der Waals surface area (Å²) in [7, 11) is 1.83. The molecule has 0 radical (unpaired) electrons. The molecule has 1 aromatic heterocycles. The van der Waals surface area contributed by atoms with E-state index in [9.17, 15) is 4.79 Å². The minimum Gasteiger partial charge on any atom is -0.464 e. The van der Waals surface area contributed by atoms with E-state index in [2.05, 4.69) is 17.1 Å². The largest absolute Gasteiger partial charge is 0.464 e. The van der Waals surface area contributed by atoms with E-state index in [1.54, 1.807) is 4.90 Å². The molecule has 1 fully saturated rings. The summed E-state index contributed by atoms with van der Waals surface area (Å²) in [6.07, 6.45) is 0. The van der Waals surface area contributed by atoms with Gasteiger partial charge in [0.2, 0.25) is 5.91 Å². The van der Waals surface area contributed by atoms with E-state index in [4.69, 9.17) is 4.42 Å². The van der Waals surface area contributed by atoms with E-state index in [1.807, 2.05) is 26.1 Å². The van der Waals surface area contributed by atoms with Crippen molar-refractivity contribution in [2.45, 2.75) is 26.4 Å². The van der Waals surface area contributed by atoms with Crippen molar-refractivity contribution in [3.05, 3.63) is 23.7 Å². The lowest BCUT2D eigenvalue weighted by molar-refractivity contribution is -0.132. The number of likely N-dealkylation sites (N-methyl/N-ethyl adjacent to an activating group) is 1. The van der Waals surface area contributed by atoms with Gasteiger partial charge in [0, 0.05) is 32.7 Å². The van der Waals surface area contributed by atoms with Crippen LogP contribution in [0.15, 0.2) is 16.5 Å². The zero-order chi connectivity index (χ0) is 13.8. The molecule has 0 aromatic carbocycles. The van der Waals surface area contributed by atoms with Gasteiger partial charge in [0.25, 0.3) is 0 Å². The maximum Gasteiger partial charge on any atom is 0.236 e. The van der Waals surface area contributed by atoms with Crippen molar-refractivity contribution in [3.8, 4) is 0 Å². The van der Waals surface area contributed by atoms with Crippen molar-refractivity contribution in [1.29, 1.82) is 0 Å². The second-order valence-corrected chi connectivity index (χ2v) is 5.35. The molecule has 1 aromatic rings. The molecule has 0 spiro atoms. The van der Waals surface area contributed by atoms with Gasteiger partial charge < -0.3 is 14.6 Å². The number of carbonyl (C=O) groups excluding carboxylic acids is 1. The Morgan fingerprint density at radius 3 is 3.00 bits per heavy atom. The van der Waals surface area contributed by atoms with Crippen molar-refractivity contribution >= 4 is 5.91 Å². The number of hydrogen-bond donors (Lipinski definition) is 1. The Kier molecular flexibility index (Phi) is 4.61. The molecule has 5 heteroatoms. The van der Waals surface area contributed by atoms with Crippen LogP contribution in [0.1, 0.15) is 18.4 Å². The van der Waals surface area contributed by atoms with Crippen molar-refractivity contribution in [3.63, 3.8) is 0 Å². The summed E-state index contributed by atoms with van der Waals surface area (Å²) < 4.78 is 5.49. The number of carbonyl (C=O) groups is 1. The Balaban J connectivity index is 1.81. The van der Waals surface area contributed by atoms with Gasteiger partial charge in [-0.05, 0) is 26.0 Å². The fourth-order valence-electron chi connectivity index (χ4n) is 2.36. The summed E-state index contributed by atoms with van der Waals surface area (Å²) in [5, 5.41) is 3.38. The van der Waals surface area contributed by atoms with Crippen LogP contribution in [-0.2, 0) is 11.3 Å². The van der Waals surface area contributed by atoms with Gasteiger partial charge in [0.1, 0.15) is 11.5 Å². The molecule has 0 bridgehead atoms. The molecule has 1 aliphatic heterocycles. The molecule has 1 N–H and O–H groups in total. The molecule has 19 heavy (non-hydrogen) atoms. The number of furan rings is 1. The van der Waals surface area contributed by atoms with E-state index in [1.165, 1.54) is 0 Å². The Labute approximate surface area is 114 Å². The summed E-state index contributed by atoms with van der Waals surface area (Å²) in [6.45, 7) is 7.90. The monoisotopic (exact) mass is 265 g/mol. The van der Waals surface area contributed by atoms with Gasteiger partial charge in [0.05, 0.1) is 13.1 Å². The molecule has 1 atom stereocenters. The van der Waals surface area contributed by atoms with Crippen LogP contribution in [-0.4, -0.2) is 55.0 Å². The second-order valence-electron chi connectivity index (χ2n) is 5.35. The number of piperazine rings is 1. The second kappa shape index (κ2) is 6.21. The van der Waals surface area contributed by atoms with Crippen LogP contribution in [0.25, 0.3) is 0 Å². The molecule has 2 rings (SSSR count). The van der Waals surface area contributed by atoms with Crippen molar-refractivity contribution in [1.82, 2.24) is 15.1 Å². The van der Waals surface area contributed by atoms with E-state index < -0.39 is 0 Å². The quantitative estimate of drug-likeness (QED) is 0.876. The molecule has 1 amide bonds. The van der Waals surface area contributed by atoms with Crippen LogP contribution in [0.2, 0.25) is 0 Å². The topological polar surface area (TPSA) is 48.7 Å². The Hall–Kier alpha value is -1.33. The Morgan fingerprint density at radius 1 is 1.58 bits per heavy atom. The zero-order valence-electron chi connectivity index (χ0n) is 12.0. The zero-order valence-corrected chi connectivity index (χ0v) is 12.0. The molecule has 1 saturated heterocycles. The first kappa shape index (κ1) is 14.1. The normalized spacial score (nSPS) is 20.5. The van der Waals surface area contributed by atoms with Gasteiger partial charge in [-0.1, -0.05) is 0 Å². The highest BCUT2D eigenvalue weighted by atomic mass is 16.3. The lowest BCUT2D eigenvalue weighted by atomic mass is 10.2. The van der Waals surface area contributed by atoms with E-state index >= 15 is 0 Å². The number of nitrogens with zero attached hydrogens (tertiary/aromatic N) is 2. The number of nitrogens with one attached hydrogen (secondary N) is 1. The number of aryl methyl sites for hydroxylation is 1. The average Bonchev–Trinajstić information content (AvgIpc) is 2.74. The molecule has 0 saturated carbocycles. The first-order valence-corrected chi connectivity index (χ1v) is 6.79. The molecular weight excluding hydrogens is 242 g/mol. The van der Waals surface area contributed by atoms with Crippen molar-refractivity contribution in [2.75, 3.05) is 33.2 Å². The first-order chi connectivity index (χ1) is 9.04. The highest BCUT2D eigenvalue weighted by molar-refractivity contribution is 5.77. The maximum atomic E-state index is 12.2. The van der Waals surface area contributed by atoms with Crippen LogP contribution >= 0.6 is 0 Å². The van der Waals surface area contributed by atoms with Gasteiger partial charge in [-0.15, -0.1) is 0 Å². The summed E-state index contributed by atoms with van der Waals surface area (Å²) in [5.74, 6) is 1.86. The lowest BCUT2D eigenvalue weighted by Crippen LogP contribution is -2.51. The number of amides is 1. The van der Waals surface area contributed by atoms with Gasteiger partial charge in [0.15, 0.2) is 0 Å². The van der Waals surface area contributed by atoms with Gasteiger partial charge in [-0.2, -0.15) is 0 Å². The molecule has 0 aliphatic carbocycles. The predicted octanol–water partition coefficient (Wildman–Crippen LogP) is 0.840. The first-order valence-electron chi connectivity index (χ1n) is 6.79. The van der Waals surface area contributed by atoms with Crippen LogP contribution in [0.4, 0.5) is 0 Å². The molecule has 106 valence electrons. The summed E-state index contributed by atoms with van der Waals surface area (Å²) in [5.41, 5.74) is 0. The highest BCUT2D eigenvalue weighted by Gasteiger charge is 2.20. The van der Waals surface area contributed by atoms with E-state index in [0.717, 1.165) is 31.2 Å². The van der Waals surface area contributed by atoms with Crippen LogP contribution in [0.3, 0.4) is 0 Å². The van der Waals surface area contributed by atoms with E-state index in [-0.39, 0.29) is 5.91 Å². The lowest BCUT2D eigenvalue weighted by Gasteiger charge is -2.32. The average molecular weight is 265 g/mol. The van der Waals surface area contributed by atoms with Crippen molar-refractivity contribution in [2.24, 2.45) is 0 Å². The Morgan fingerprint density at radius 2 is 2.37 bits per heavy atom. The smallest absolute Gasteiger partial charge is 0.236 e. The maximum absolute atomic E-state index is 12.2. The van der Waals surface area contributed by atoms with E-state index in [0.29, 0.717) is 19.1 Å². The molecule has 0 unspecified atom stereocenters. The summed E-state index contributed by atoms with van der Waals surface area (Å²) in [4.78, 5) is 16.1. The van der Waals surface area contributed by atoms with Crippen LogP contribution in [0, 0.1) is 6.92 Å². The number of rotatable bonds is 4. The van der Waals surface area contributed by atoms with Gasteiger partial charge in [-0.3, -0.25) is 9.69 Å². The van der Waals surface area contributed by atoms with Crippen LogP contribution < -0.4 is 5.32 Å². The molecule has 1 aliphatic rings. The molecule has 5 nitrogen and oxygen atoms in total. The van der Waals surface area contributed by atoms with Crippen LogP contribution in [0.5, 0.6) is 0 Å². The minimum atomic E-state index is 0.142. The van der Waals surface area contributed by atoms with Gasteiger partial charge in [-0.25, -0.2) is 0 Å². The summed E-state index contributed by atoms with van der Waals surface area (Å²) in [6, 6.07) is 4.30. The Bertz CT molecular complexity index is 430.